The third kappa shape index (κ3) is 3.23. The molecule has 0 spiro atoms. The summed E-state index contributed by atoms with van der Waals surface area (Å²) >= 11 is -2.26. The fraction of sp³-hybridized carbons (Fsp3) is 0.316. The highest BCUT2D eigenvalue weighted by Crippen LogP contribution is 2.52. The zero-order chi connectivity index (χ0) is 21.6. The van der Waals surface area contributed by atoms with E-state index >= 15 is 0 Å². The second-order valence-electron chi connectivity index (χ2n) is 7.02. The lowest BCUT2D eigenvalue weighted by Gasteiger charge is -2.22. The van der Waals surface area contributed by atoms with E-state index in [1.54, 1.807) is 25.1 Å². The Hall–Kier alpha value is -2.92. The summed E-state index contributed by atoms with van der Waals surface area (Å²) < 4.78 is 52.8. The molecular weight excluding hydrogens is 418 g/mol. The first-order valence-electron chi connectivity index (χ1n) is 9.03. The molecule has 1 aromatic carbocycles. The summed E-state index contributed by atoms with van der Waals surface area (Å²) in [5.74, 6) is -0.874. The monoisotopic (exact) mass is 435 g/mol. The quantitative estimate of drug-likeness (QED) is 0.575. The standard InChI is InChI=1S/C19H18F2N4O4S/c1-9-7-10(3-4-11(9)19(5-6-19)30(27)28)13-14-12(8-23-15(13)16(26)22-2)24-25-17(14)29-18(20)21/h3-4,7-8,18H,5-6H2,1-2H3,(H,22,26)(H,24,25)(H,27,28)/p-1. The maximum Gasteiger partial charge on any atom is 0.388 e. The van der Waals surface area contributed by atoms with Crippen molar-refractivity contribution >= 4 is 27.9 Å². The summed E-state index contributed by atoms with van der Waals surface area (Å²) in [5, 5.41) is 9.02. The zero-order valence-electron chi connectivity index (χ0n) is 16.0. The molecule has 30 heavy (non-hydrogen) atoms. The number of aromatic amines is 1. The van der Waals surface area contributed by atoms with Gasteiger partial charge in [-0.3, -0.25) is 14.1 Å². The number of amides is 1. The van der Waals surface area contributed by atoms with E-state index in [4.69, 9.17) is 0 Å². The van der Waals surface area contributed by atoms with E-state index < -0.39 is 28.3 Å². The van der Waals surface area contributed by atoms with Gasteiger partial charge in [-0.25, -0.2) is 4.98 Å². The molecule has 1 aliphatic carbocycles. The van der Waals surface area contributed by atoms with Crippen LogP contribution < -0.4 is 10.1 Å². The number of carbonyl (C=O) groups excluding carboxylic acids is 1. The Morgan fingerprint density at radius 2 is 2.13 bits per heavy atom. The highest BCUT2D eigenvalue weighted by molar-refractivity contribution is 7.80. The first kappa shape index (κ1) is 20.4. The molecule has 8 nitrogen and oxygen atoms in total. The van der Waals surface area contributed by atoms with E-state index in [0.717, 1.165) is 0 Å². The summed E-state index contributed by atoms with van der Waals surface area (Å²) in [6.07, 6.45) is 2.39. The molecule has 2 aromatic heterocycles. The van der Waals surface area contributed by atoms with Gasteiger partial charge < -0.3 is 14.6 Å². The first-order valence-corrected chi connectivity index (χ1v) is 10.1. The molecule has 11 heteroatoms. The molecule has 1 aliphatic rings. The SMILES string of the molecule is CNC(=O)c1ncc2[nH]nc(OC(F)F)c2c1-c1ccc(C2(S(=O)[O-])CC2)c(C)c1. The molecule has 3 aromatic rings. The first-order chi connectivity index (χ1) is 14.3. The average molecular weight is 435 g/mol. The van der Waals surface area contributed by atoms with Crippen LogP contribution in [0.1, 0.15) is 34.5 Å². The van der Waals surface area contributed by atoms with Crippen LogP contribution in [0.4, 0.5) is 8.78 Å². The topological polar surface area (TPSA) is 120 Å². The number of rotatable bonds is 6. The Morgan fingerprint density at radius 1 is 1.40 bits per heavy atom. The highest BCUT2D eigenvalue weighted by Gasteiger charge is 2.46. The summed E-state index contributed by atoms with van der Waals surface area (Å²) in [5.41, 5.74) is 2.46. The lowest BCUT2D eigenvalue weighted by molar-refractivity contribution is -0.0518. The molecule has 1 saturated carbocycles. The van der Waals surface area contributed by atoms with Gasteiger partial charge in [-0.1, -0.05) is 18.2 Å². The van der Waals surface area contributed by atoms with Crippen molar-refractivity contribution < 1.29 is 27.1 Å². The summed E-state index contributed by atoms with van der Waals surface area (Å²) in [4.78, 5) is 16.6. The normalized spacial score (nSPS) is 15.9. The Morgan fingerprint density at radius 3 is 2.70 bits per heavy atom. The van der Waals surface area contributed by atoms with Crippen molar-refractivity contribution in [1.29, 1.82) is 0 Å². The van der Waals surface area contributed by atoms with Crippen LogP contribution in [-0.4, -0.2) is 43.5 Å². The van der Waals surface area contributed by atoms with Crippen LogP contribution in [0.2, 0.25) is 0 Å². The molecule has 0 aliphatic heterocycles. The number of aromatic nitrogens is 3. The second kappa shape index (κ2) is 7.40. The predicted octanol–water partition coefficient (Wildman–Crippen LogP) is 2.76. The number of fused-ring (bicyclic) bond motifs is 1. The number of aryl methyl sites for hydroxylation is 1. The summed E-state index contributed by atoms with van der Waals surface area (Å²) in [6.45, 7) is -1.34. The lowest BCUT2D eigenvalue weighted by atomic mass is 9.94. The third-order valence-electron chi connectivity index (χ3n) is 5.24. The van der Waals surface area contributed by atoms with Gasteiger partial charge in [0.05, 0.1) is 21.8 Å². The molecule has 158 valence electrons. The molecule has 0 saturated heterocycles. The number of benzene rings is 1. The number of nitrogens with zero attached hydrogens (tertiary/aromatic N) is 2. The Balaban J connectivity index is 1.95. The largest absolute Gasteiger partial charge is 0.772 e. The van der Waals surface area contributed by atoms with Crippen LogP contribution in [0.15, 0.2) is 24.4 Å². The number of carbonyl (C=O) groups is 1. The third-order valence-corrected chi connectivity index (χ3v) is 6.51. The fourth-order valence-corrected chi connectivity index (χ4v) is 4.54. The van der Waals surface area contributed by atoms with Gasteiger partial charge in [0, 0.05) is 12.6 Å². The smallest absolute Gasteiger partial charge is 0.388 e. The van der Waals surface area contributed by atoms with Gasteiger partial charge in [-0.05, 0) is 47.5 Å². The minimum atomic E-state index is -3.10. The van der Waals surface area contributed by atoms with Gasteiger partial charge in [0.15, 0.2) is 0 Å². The number of H-pyrrole nitrogens is 1. The number of hydrogen-bond acceptors (Lipinski definition) is 6. The summed E-state index contributed by atoms with van der Waals surface area (Å²) in [6, 6.07) is 5.05. The van der Waals surface area contributed by atoms with Gasteiger partial charge in [-0.2, -0.15) is 8.78 Å². The maximum absolute atomic E-state index is 12.9. The van der Waals surface area contributed by atoms with E-state index in [9.17, 15) is 22.3 Å². The van der Waals surface area contributed by atoms with E-state index in [1.807, 2.05) is 0 Å². The molecule has 1 fully saturated rings. The van der Waals surface area contributed by atoms with Crippen molar-refractivity contribution in [3.05, 3.63) is 41.2 Å². The van der Waals surface area contributed by atoms with E-state index in [2.05, 4.69) is 25.2 Å². The number of alkyl halides is 2. The van der Waals surface area contributed by atoms with Gasteiger partial charge in [0.25, 0.3) is 5.91 Å². The zero-order valence-corrected chi connectivity index (χ0v) is 16.8. The Kier molecular flexibility index (Phi) is 5.02. The van der Waals surface area contributed by atoms with Crippen LogP contribution in [0.3, 0.4) is 0 Å². The van der Waals surface area contributed by atoms with Crippen LogP contribution in [0.5, 0.6) is 5.88 Å². The Bertz CT molecular complexity index is 1180. The fourth-order valence-electron chi connectivity index (χ4n) is 3.70. The minimum Gasteiger partial charge on any atom is -0.772 e. The van der Waals surface area contributed by atoms with Crippen molar-refractivity contribution in [3.8, 4) is 17.0 Å². The molecule has 2 heterocycles. The van der Waals surface area contributed by atoms with Crippen LogP contribution in [0.25, 0.3) is 22.0 Å². The molecule has 0 bridgehead atoms. The van der Waals surface area contributed by atoms with Crippen molar-refractivity contribution in [2.24, 2.45) is 0 Å². The van der Waals surface area contributed by atoms with Gasteiger partial charge >= 0.3 is 6.61 Å². The van der Waals surface area contributed by atoms with E-state index in [-0.39, 0.29) is 22.5 Å². The molecule has 1 amide bonds. The number of halogens is 2. The van der Waals surface area contributed by atoms with Gasteiger partial charge in [-0.15, -0.1) is 5.10 Å². The van der Waals surface area contributed by atoms with Crippen molar-refractivity contribution in [2.45, 2.75) is 31.1 Å². The minimum absolute atomic E-state index is 0.00574. The van der Waals surface area contributed by atoms with Gasteiger partial charge in [0.2, 0.25) is 5.88 Å². The second-order valence-corrected chi connectivity index (χ2v) is 8.27. The van der Waals surface area contributed by atoms with Crippen LogP contribution in [0, 0.1) is 6.92 Å². The van der Waals surface area contributed by atoms with Crippen molar-refractivity contribution in [3.63, 3.8) is 0 Å². The molecule has 4 rings (SSSR count). The number of ether oxygens (including phenoxy) is 1. The van der Waals surface area contributed by atoms with Crippen LogP contribution >= 0.6 is 0 Å². The number of hydrogen-bond donors (Lipinski definition) is 2. The number of pyridine rings is 1. The predicted molar refractivity (Wildman–Crippen MR) is 104 cm³/mol. The summed E-state index contributed by atoms with van der Waals surface area (Å²) in [7, 11) is 1.43. The highest BCUT2D eigenvalue weighted by atomic mass is 32.2. The molecular formula is C19H17F2N4O4S-. The van der Waals surface area contributed by atoms with Crippen molar-refractivity contribution in [1.82, 2.24) is 20.5 Å². The Labute approximate surface area is 172 Å². The number of nitrogens with one attached hydrogen (secondary N) is 2. The van der Waals surface area contributed by atoms with E-state index in [1.165, 1.54) is 13.2 Å². The van der Waals surface area contributed by atoms with Gasteiger partial charge in [0.1, 0.15) is 5.69 Å². The average Bonchev–Trinajstić information content (AvgIpc) is 3.43. The lowest BCUT2D eigenvalue weighted by Crippen LogP contribution is -2.20. The molecule has 0 radical (unpaired) electrons. The van der Waals surface area contributed by atoms with Crippen molar-refractivity contribution in [2.75, 3.05) is 7.05 Å². The van der Waals surface area contributed by atoms with E-state index in [0.29, 0.717) is 35.0 Å². The molecule has 2 N–H and O–H groups in total. The molecule has 1 atom stereocenters. The maximum atomic E-state index is 12.9. The van der Waals surface area contributed by atoms with Crippen LogP contribution in [-0.2, 0) is 15.8 Å². The molecule has 1 unspecified atom stereocenters.